The molecule has 0 saturated heterocycles. The molecule has 3 nitrogen and oxygen atoms in total. The van der Waals surface area contributed by atoms with Gasteiger partial charge in [-0.15, -0.1) is 0 Å². The van der Waals surface area contributed by atoms with Crippen molar-refractivity contribution in [3.8, 4) is 5.88 Å². The molecule has 0 aromatic carbocycles. The molecule has 1 N–H and O–H groups in total. The summed E-state index contributed by atoms with van der Waals surface area (Å²) in [7, 11) is 1.63. The molecular formula is C10H12N2O. The van der Waals surface area contributed by atoms with Gasteiger partial charge in [-0.1, -0.05) is 0 Å². The molecular weight excluding hydrogens is 164 g/mol. The molecule has 0 spiro atoms. The standard InChI is InChI=1S/C10H12N2O/c1-6-5-11-10-7(2)12-9(13-3)4-8(6)10/h4-5,11H,1-3H3. The Hall–Kier alpha value is -1.51. The van der Waals surface area contributed by atoms with Crippen molar-refractivity contribution in [1.29, 1.82) is 0 Å². The van der Waals surface area contributed by atoms with Crippen LogP contribution in [0.2, 0.25) is 0 Å². The lowest BCUT2D eigenvalue weighted by atomic mass is 10.2. The zero-order valence-electron chi connectivity index (χ0n) is 8.01. The Morgan fingerprint density at radius 3 is 2.85 bits per heavy atom. The van der Waals surface area contributed by atoms with Crippen molar-refractivity contribution in [2.24, 2.45) is 0 Å². The zero-order chi connectivity index (χ0) is 9.42. The summed E-state index contributed by atoms with van der Waals surface area (Å²) >= 11 is 0. The monoisotopic (exact) mass is 176 g/mol. The first-order chi connectivity index (χ1) is 6.22. The number of nitrogens with one attached hydrogen (secondary N) is 1. The number of H-pyrrole nitrogens is 1. The molecule has 2 heterocycles. The van der Waals surface area contributed by atoms with E-state index in [2.05, 4.69) is 16.9 Å². The quantitative estimate of drug-likeness (QED) is 0.723. The molecule has 0 amide bonds. The number of pyridine rings is 1. The number of fused-ring (bicyclic) bond motifs is 1. The minimum atomic E-state index is 0.674. The van der Waals surface area contributed by atoms with E-state index in [9.17, 15) is 0 Å². The smallest absolute Gasteiger partial charge is 0.213 e. The molecule has 2 aromatic heterocycles. The number of methoxy groups -OCH3 is 1. The maximum atomic E-state index is 5.10. The Labute approximate surface area is 76.8 Å². The van der Waals surface area contributed by atoms with Gasteiger partial charge in [0.25, 0.3) is 0 Å². The van der Waals surface area contributed by atoms with Crippen LogP contribution in [-0.4, -0.2) is 17.1 Å². The molecule has 0 aliphatic heterocycles. The Morgan fingerprint density at radius 2 is 2.15 bits per heavy atom. The van der Waals surface area contributed by atoms with E-state index in [-0.39, 0.29) is 0 Å². The fourth-order valence-corrected chi connectivity index (χ4v) is 1.50. The molecule has 0 aliphatic carbocycles. The van der Waals surface area contributed by atoms with Gasteiger partial charge in [-0.2, -0.15) is 0 Å². The number of aromatic amines is 1. The number of rotatable bonds is 1. The van der Waals surface area contributed by atoms with Crippen LogP contribution in [0.25, 0.3) is 10.9 Å². The Kier molecular flexibility index (Phi) is 1.72. The summed E-state index contributed by atoms with van der Waals surface area (Å²) in [6, 6.07) is 1.95. The first kappa shape index (κ1) is 8.10. The van der Waals surface area contributed by atoms with Gasteiger partial charge in [0.1, 0.15) is 0 Å². The van der Waals surface area contributed by atoms with Gasteiger partial charge < -0.3 is 9.72 Å². The minimum Gasteiger partial charge on any atom is -0.481 e. The molecule has 0 bridgehead atoms. The molecule has 2 rings (SSSR count). The zero-order valence-corrected chi connectivity index (χ0v) is 8.01. The second-order valence-corrected chi connectivity index (χ2v) is 3.14. The predicted octanol–water partition coefficient (Wildman–Crippen LogP) is 2.19. The van der Waals surface area contributed by atoms with Crippen LogP contribution < -0.4 is 4.74 Å². The molecule has 0 unspecified atom stereocenters. The van der Waals surface area contributed by atoms with Gasteiger partial charge in [-0.25, -0.2) is 4.98 Å². The SMILES string of the molecule is COc1cc2c(C)c[nH]c2c(C)n1. The molecule has 3 heteroatoms. The third-order valence-corrected chi connectivity index (χ3v) is 2.24. The van der Waals surface area contributed by atoms with Crippen molar-refractivity contribution in [3.05, 3.63) is 23.5 Å². The molecule has 13 heavy (non-hydrogen) atoms. The van der Waals surface area contributed by atoms with Crippen LogP contribution in [0.4, 0.5) is 0 Å². The van der Waals surface area contributed by atoms with Crippen LogP contribution in [0.1, 0.15) is 11.3 Å². The first-order valence-corrected chi connectivity index (χ1v) is 4.21. The topological polar surface area (TPSA) is 37.9 Å². The Bertz CT molecular complexity index is 445. The lowest BCUT2D eigenvalue weighted by Gasteiger charge is -2.01. The van der Waals surface area contributed by atoms with Gasteiger partial charge in [-0.3, -0.25) is 0 Å². The van der Waals surface area contributed by atoms with Gasteiger partial charge in [0.2, 0.25) is 5.88 Å². The van der Waals surface area contributed by atoms with E-state index in [1.54, 1.807) is 7.11 Å². The number of hydrogen-bond donors (Lipinski definition) is 1. The highest BCUT2D eigenvalue weighted by Crippen LogP contribution is 2.23. The average Bonchev–Trinajstić information content (AvgIpc) is 2.48. The van der Waals surface area contributed by atoms with Crippen molar-refractivity contribution in [1.82, 2.24) is 9.97 Å². The van der Waals surface area contributed by atoms with E-state index in [1.807, 2.05) is 19.2 Å². The number of aryl methyl sites for hydroxylation is 2. The van der Waals surface area contributed by atoms with Crippen LogP contribution in [0.5, 0.6) is 5.88 Å². The molecule has 2 aromatic rings. The molecule has 0 aliphatic rings. The van der Waals surface area contributed by atoms with Crippen molar-refractivity contribution >= 4 is 10.9 Å². The van der Waals surface area contributed by atoms with E-state index in [0.29, 0.717) is 5.88 Å². The summed E-state index contributed by atoms with van der Waals surface area (Å²) in [5.74, 6) is 0.674. The van der Waals surface area contributed by atoms with Crippen LogP contribution in [0, 0.1) is 13.8 Å². The lowest BCUT2D eigenvalue weighted by Crippen LogP contribution is -1.90. The van der Waals surface area contributed by atoms with Gasteiger partial charge in [0.15, 0.2) is 0 Å². The highest BCUT2D eigenvalue weighted by molar-refractivity contribution is 5.85. The summed E-state index contributed by atoms with van der Waals surface area (Å²) in [4.78, 5) is 7.47. The van der Waals surface area contributed by atoms with E-state index >= 15 is 0 Å². The van der Waals surface area contributed by atoms with Gasteiger partial charge in [-0.05, 0) is 19.4 Å². The number of nitrogens with zero attached hydrogens (tertiary/aromatic N) is 1. The van der Waals surface area contributed by atoms with Gasteiger partial charge >= 0.3 is 0 Å². The van der Waals surface area contributed by atoms with Crippen molar-refractivity contribution < 1.29 is 4.74 Å². The van der Waals surface area contributed by atoms with Crippen molar-refractivity contribution in [2.45, 2.75) is 13.8 Å². The summed E-state index contributed by atoms with van der Waals surface area (Å²) in [5.41, 5.74) is 3.29. The van der Waals surface area contributed by atoms with Crippen molar-refractivity contribution in [2.75, 3.05) is 7.11 Å². The first-order valence-electron chi connectivity index (χ1n) is 4.21. The summed E-state index contributed by atoms with van der Waals surface area (Å²) in [6.07, 6.45) is 1.98. The summed E-state index contributed by atoms with van der Waals surface area (Å²) in [6.45, 7) is 4.04. The predicted molar refractivity (Wildman–Crippen MR) is 52.1 cm³/mol. The van der Waals surface area contributed by atoms with Crippen molar-refractivity contribution in [3.63, 3.8) is 0 Å². The van der Waals surface area contributed by atoms with Gasteiger partial charge in [0.05, 0.1) is 18.3 Å². The fraction of sp³-hybridized carbons (Fsp3) is 0.300. The molecule has 0 atom stereocenters. The second kappa shape index (κ2) is 2.76. The van der Waals surface area contributed by atoms with E-state index < -0.39 is 0 Å². The third-order valence-electron chi connectivity index (χ3n) is 2.24. The average molecular weight is 176 g/mol. The number of hydrogen-bond acceptors (Lipinski definition) is 2. The van der Waals surface area contributed by atoms with Crippen LogP contribution >= 0.6 is 0 Å². The van der Waals surface area contributed by atoms with Crippen LogP contribution in [0.15, 0.2) is 12.3 Å². The molecule has 0 saturated carbocycles. The minimum absolute atomic E-state index is 0.674. The Morgan fingerprint density at radius 1 is 1.38 bits per heavy atom. The lowest BCUT2D eigenvalue weighted by molar-refractivity contribution is 0.398. The summed E-state index contributed by atoms with van der Waals surface area (Å²) < 4.78 is 5.10. The maximum Gasteiger partial charge on any atom is 0.213 e. The Balaban J connectivity index is 2.80. The van der Waals surface area contributed by atoms with Crippen LogP contribution in [0.3, 0.4) is 0 Å². The molecule has 0 radical (unpaired) electrons. The maximum absolute atomic E-state index is 5.10. The summed E-state index contributed by atoms with van der Waals surface area (Å²) in [5, 5.41) is 1.18. The van der Waals surface area contributed by atoms with E-state index in [4.69, 9.17) is 4.74 Å². The van der Waals surface area contributed by atoms with Crippen LogP contribution in [-0.2, 0) is 0 Å². The normalized spacial score (nSPS) is 10.7. The highest BCUT2D eigenvalue weighted by Gasteiger charge is 2.05. The highest BCUT2D eigenvalue weighted by atomic mass is 16.5. The second-order valence-electron chi connectivity index (χ2n) is 3.14. The third kappa shape index (κ3) is 1.16. The van der Waals surface area contributed by atoms with E-state index in [0.717, 1.165) is 11.2 Å². The number of ether oxygens (including phenoxy) is 1. The molecule has 68 valence electrons. The van der Waals surface area contributed by atoms with Gasteiger partial charge in [0, 0.05) is 17.6 Å². The number of aromatic nitrogens is 2. The van der Waals surface area contributed by atoms with E-state index in [1.165, 1.54) is 10.9 Å². The fourth-order valence-electron chi connectivity index (χ4n) is 1.50. The molecule has 0 fully saturated rings. The largest absolute Gasteiger partial charge is 0.481 e.